The summed E-state index contributed by atoms with van der Waals surface area (Å²) in [6.45, 7) is 4.07. The summed E-state index contributed by atoms with van der Waals surface area (Å²) >= 11 is 0. The number of ether oxygens (including phenoxy) is 3. The first kappa shape index (κ1) is 19.8. The molecule has 1 aliphatic rings. The second kappa shape index (κ2) is 9.82. The molecule has 2 amide bonds. The van der Waals surface area contributed by atoms with Crippen LogP contribution < -0.4 is 24.8 Å². The number of halogens is 1. The molecule has 3 rings (SSSR count). The molecule has 1 unspecified atom stereocenters. The highest BCUT2D eigenvalue weighted by molar-refractivity contribution is 5.74. The highest BCUT2D eigenvalue weighted by atomic mass is 19.1. The first-order valence-electron chi connectivity index (χ1n) is 9.44. The third-order valence-corrected chi connectivity index (χ3v) is 4.35. The Hall–Kier alpha value is -2.96. The minimum Gasteiger partial charge on any atom is -0.494 e. The Bertz CT molecular complexity index is 782. The van der Waals surface area contributed by atoms with E-state index in [2.05, 4.69) is 10.6 Å². The number of amides is 2. The predicted molar refractivity (Wildman–Crippen MR) is 104 cm³/mol. The van der Waals surface area contributed by atoms with E-state index < -0.39 is 0 Å². The van der Waals surface area contributed by atoms with E-state index in [0.717, 1.165) is 24.2 Å². The maximum Gasteiger partial charge on any atom is 0.315 e. The van der Waals surface area contributed by atoms with Gasteiger partial charge in [0.1, 0.15) is 24.8 Å². The van der Waals surface area contributed by atoms with Gasteiger partial charge in [0.15, 0.2) is 11.5 Å². The van der Waals surface area contributed by atoms with Gasteiger partial charge in [-0.15, -0.1) is 0 Å². The van der Waals surface area contributed by atoms with E-state index in [0.29, 0.717) is 37.9 Å². The molecule has 0 saturated heterocycles. The standard InChI is InChI=1S/C21H25FN2O4/c1-15(16-4-9-19-20(14-16)28-13-12-27-19)24-21(25)23-10-2-3-11-26-18-7-5-17(22)6-8-18/h4-9,14-15H,2-3,10-13H2,1H3,(H2,23,24,25). The first-order chi connectivity index (χ1) is 13.6. The van der Waals surface area contributed by atoms with Crippen LogP contribution in [0, 0.1) is 5.82 Å². The maximum absolute atomic E-state index is 12.8. The lowest BCUT2D eigenvalue weighted by atomic mass is 10.1. The van der Waals surface area contributed by atoms with Crippen LogP contribution in [0.15, 0.2) is 42.5 Å². The molecule has 150 valence electrons. The van der Waals surface area contributed by atoms with E-state index in [4.69, 9.17) is 14.2 Å². The number of carbonyl (C=O) groups is 1. The number of unbranched alkanes of at least 4 members (excludes halogenated alkanes) is 1. The molecule has 0 saturated carbocycles. The molecule has 1 heterocycles. The molecule has 1 atom stereocenters. The summed E-state index contributed by atoms with van der Waals surface area (Å²) in [5.41, 5.74) is 0.951. The lowest BCUT2D eigenvalue weighted by Crippen LogP contribution is -2.37. The molecule has 0 fully saturated rings. The van der Waals surface area contributed by atoms with Gasteiger partial charge in [0, 0.05) is 6.54 Å². The summed E-state index contributed by atoms with van der Waals surface area (Å²) in [7, 11) is 0. The largest absolute Gasteiger partial charge is 0.494 e. The molecule has 2 aromatic carbocycles. The van der Waals surface area contributed by atoms with Crippen molar-refractivity contribution in [1.82, 2.24) is 10.6 Å². The SMILES string of the molecule is CC(NC(=O)NCCCCOc1ccc(F)cc1)c1ccc2c(c1)OCCO2. The van der Waals surface area contributed by atoms with Crippen molar-refractivity contribution >= 4 is 6.03 Å². The molecule has 28 heavy (non-hydrogen) atoms. The number of urea groups is 1. The number of benzene rings is 2. The van der Waals surface area contributed by atoms with E-state index >= 15 is 0 Å². The number of carbonyl (C=O) groups excluding carboxylic acids is 1. The van der Waals surface area contributed by atoms with E-state index in [-0.39, 0.29) is 17.9 Å². The van der Waals surface area contributed by atoms with Gasteiger partial charge in [-0.3, -0.25) is 0 Å². The van der Waals surface area contributed by atoms with E-state index in [1.54, 1.807) is 12.1 Å². The molecule has 0 spiro atoms. The number of hydrogen-bond donors (Lipinski definition) is 2. The van der Waals surface area contributed by atoms with Crippen LogP contribution in [0.4, 0.5) is 9.18 Å². The van der Waals surface area contributed by atoms with Crippen molar-refractivity contribution < 1.29 is 23.4 Å². The van der Waals surface area contributed by atoms with Gasteiger partial charge in [0.05, 0.1) is 12.6 Å². The van der Waals surface area contributed by atoms with Crippen LogP contribution in [0.1, 0.15) is 31.4 Å². The summed E-state index contributed by atoms with van der Waals surface area (Å²) < 4.78 is 29.4. The molecular formula is C21H25FN2O4. The quantitative estimate of drug-likeness (QED) is 0.675. The summed E-state index contributed by atoms with van der Waals surface area (Å²) in [6.07, 6.45) is 1.57. The summed E-state index contributed by atoms with van der Waals surface area (Å²) in [5.74, 6) is 1.79. The van der Waals surface area contributed by atoms with Crippen LogP contribution in [0.2, 0.25) is 0 Å². The van der Waals surface area contributed by atoms with Crippen molar-refractivity contribution in [3.8, 4) is 17.2 Å². The molecule has 1 aliphatic heterocycles. The fourth-order valence-electron chi connectivity index (χ4n) is 2.81. The maximum atomic E-state index is 12.8. The molecule has 2 aromatic rings. The molecule has 0 aromatic heterocycles. The Labute approximate surface area is 164 Å². The van der Waals surface area contributed by atoms with Crippen molar-refractivity contribution in [2.24, 2.45) is 0 Å². The van der Waals surface area contributed by atoms with Crippen LogP contribution >= 0.6 is 0 Å². The van der Waals surface area contributed by atoms with E-state index in [1.807, 2.05) is 25.1 Å². The summed E-state index contributed by atoms with van der Waals surface area (Å²) in [6, 6.07) is 11.2. The van der Waals surface area contributed by atoms with Gasteiger partial charge in [0.25, 0.3) is 0 Å². The van der Waals surface area contributed by atoms with Gasteiger partial charge in [-0.25, -0.2) is 9.18 Å². The fourth-order valence-corrected chi connectivity index (χ4v) is 2.81. The highest BCUT2D eigenvalue weighted by Crippen LogP contribution is 2.32. The van der Waals surface area contributed by atoms with E-state index in [1.165, 1.54) is 12.1 Å². The monoisotopic (exact) mass is 388 g/mol. The van der Waals surface area contributed by atoms with Crippen LogP contribution in [0.3, 0.4) is 0 Å². The van der Waals surface area contributed by atoms with Crippen LogP contribution in [-0.2, 0) is 0 Å². The number of rotatable bonds is 8. The lowest BCUT2D eigenvalue weighted by molar-refractivity contribution is 0.171. The van der Waals surface area contributed by atoms with Crippen LogP contribution in [0.25, 0.3) is 0 Å². The molecule has 2 N–H and O–H groups in total. The topological polar surface area (TPSA) is 68.8 Å². The van der Waals surface area contributed by atoms with E-state index in [9.17, 15) is 9.18 Å². The van der Waals surface area contributed by atoms with Crippen LogP contribution in [0.5, 0.6) is 17.2 Å². The zero-order chi connectivity index (χ0) is 19.8. The molecular weight excluding hydrogens is 363 g/mol. The van der Waals surface area contributed by atoms with Crippen LogP contribution in [-0.4, -0.2) is 32.4 Å². The third-order valence-electron chi connectivity index (χ3n) is 4.35. The van der Waals surface area contributed by atoms with Gasteiger partial charge < -0.3 is 24.8 Å². The zero-order valence-electron chi connectivity index (χ0n) is 15.9. The highest BCUT2D eigenvalue weighted by Gasteiger charge is 2.15. The Morgan fingerprint density at radius 2 is 1.86 bits per heavy atom. The Balaban J connectivity index is 1.32. The minimum atomic E-state index is -0.284. The first-order valence-corrected chi connectivity index (χ1v) is 9.44. The van der Waals surface area contributed by atoms with Gasteiger partial charge in [-0.05, 0) is 61.7 Å². The van der Waals surface area contributed by atoms with Crippen molar-refractivity contribution in [3.05, 3.63) is 53.8 Å². The third kappa shape index (κ3) is 5.77. The molecule has 0 bridgehead atoms. The van der Waals surface area contributed by atoms with Crippen molar-refractivity contribution in [2.45, 2.75) is 25.8 Å². The van der Waals surface area contributed by atoms with Gasteiger partial charge in [-0.2, -0.15) is 0 Å². The number of hydrogen-bond acceptors (Lipinski definition) is 4. The van der Waals surface area contributed by atoms with Crippen molar-refractivity contribution in [1.29, 1.82) is 0 Å². The normalized spacial score (nSPS) is 13.5. The van der Waals surface area contributed by atoms with Crippen molar-refractivity contribution in [3.63, 3.8) is 0 Å². The lowest BCUT2D eigenvalue weighted by Gasteiger charge is -2.21. The molecule has 7 heteroatoms. The molecule has 6 nitrogen and oxygen atoms in total. The van der Waals surface area contributed by atoms with Gasteiger partial charge >= 0.3 is 6.03 Å². The Morgan fingerprint density at radius 1 is 1.11 bits per heavy atom. The molecule has 0 radical (unpaired) electrons. The smallest absolute Gasteiger partial charge is 0.315 e. The fraction of sp³-hybridized carbons (Fsp3) is 0.381. The summed E-state index contributed by atoms with van der Waals surface area (Å²) in [4.78, 5) is 12.1. The average Bonchev–Trinajstić information content (AvgIpc) is 2.71. The predicted octanol–water partition coefficient (Wildman–Crippen LogP) is 3.82. The molecule has 0 aliphatic carbocycles. The Morgan fingerprint density at radius 3 is 2.64 bits per heavy atom. The van der Waals surface area contributed by atoms with Gasteiger partial charge in [0.2, 0.25) is 0 Å². The Kier molecular flexibility index (Phi) is 6.94. The second-order valence-corrected chi connectivity index (χ2v) is 6.53. The summed E-state index contributed by atoms with van der Waals surface area (Å²) in [5, 5.41) is 5.75. The zero-order valence-corrected chi connectivity index (χ0v) is 15.9. The van der Waals surface area contributed by atoms with Gasteiger partial charge in [-0.1, -0.05) is 6.07 Å². The number of fused-ring (bicyclic) bond motifs is 1. The average molecular weight is 388 g/mol. The second-order valence-electron chi connectivity index (χ2n) is 6.53. The number of nitrogens with one attached hydrogen (secondary N) is 2. The van der Waals surface area contributed by atoms with Crippen molar-refractivity contribution in [2.75, 3.05) is 26.4 Å². The minimum absolute atomic E-state index is 0.155.